The summed E-state index contributed by atoms with van der Waals surface area (Å²) < 4.78 is 54.4. The Morgan fingerprint density at radius 1 is 0.958 bits per heavy atom. The molecule has 0 saturated carbocycles. The molecule has 2 aromatic carbocycles. The maximum absolute atomic E-state index is 13.2. The van der Waals surface area contributed by atoms with Crippen LogP contribution < -0.4 is 0 Å². The molecule has 0 bridgehead atoms. The third-order valence-electron chi connectivity index (χ3n) is 3.54. The van der Waals surface area contributed by atoms with Gasteiger partial charge in [0.2, 0.25) is 5.76 Å². The second kappa shape index (κ2) is 6.16. The van der Waals surface area contributed by atoms with Gasteiger partial charge in [-0.25, -0.2) is 17.2 Å². The van der Waals surface area contributed by atoms with Crippen molar-refractivity contribution in [2.45, 2.75) is 11.3 Å². The van der Waals surface area contributed by atoms with E-state index in [-0.39, 0.29) is 16.2 Å². The minimum absolute atomic E-state index is 0.144. The van der Waals surface area contributed by atoms with Gasteiger partial charge in [-0.05, 0) is 17.7 Å². The summed E-state index contributed by atoms with van der Waals surface area (Å²) in [5.41, 5.74) is 1.50. The van der Waals surface area contributed by atoms with Crippen molar-refractivity contribution in [3.8, 4) is 22.4 Å². The summed E-state index contributed by atoms with van der Waals surface area (Å²) in [6.07, 6.45) is -1.71. The molecule has 0 aliphatic rings. The molecule has 24 heavy (non-hydrogen) atoms. The molecule has 0 fully saturated rings. The van der Waals surface area contributed by atoms with Crippen molar-refractivity contribution in [1.29, 1.82) is 0 Å². The van der Waals surface area contributed by atoms with Gasteiger partial charge in [0.05, 0.1) is 10.5 Å². The molecular formula is C17H13F2NO3S. The van der Waals surface area contributed by atoms with Crippen molar-refractivity contribution in [2.24, 2.45) is 0 Å². The predicted octanol–water partition coefficient (Wildman–Crippen LogP) is 4.35. The Bertz CT molecular complexity index is 949. The maximum atomic E-state index is 13.2. The van der Waals surface area contributed by atoms with Gasteiger partial charge in [0.15, 0.2) is 9.84 Å². The van der Waals surface area contributed by atoms with Gasteiger partial charge < -0.3 is 4.52 Å². The topological polar surface area (TPSA) is 60.2 Å². The van der Waals surface area contributed by atoms with E-state index in [0.717, 1.165) is 6.26 Å². The van der Waals surface area contributed by atoms with Crippen LogP contribution in [0.1, 0.15) is 12.2 Å². The first-order valence-corrected chi connectivity index (χ1v) is 8.90. The molecule has 0 saturated heterocycles. The Morgan fingerprint density at radius 2 is 1.58 bits per heavy atom. The maximum Gasteiger partial charge on any atom is 0.298 e. The lowest BCUT2D eigenvalue weighted by Gasteiger charge is -2.05. The van der Waals surface area contributed by atoms with Crippen LogP contribution in [0.15, 0.2) is 64.0 Å². The number of benzene rings is 2. The van der Waals surface area contributed by atoms with Crippen molar-refractivity contribution >= 4 is 9.84 Å². The highest BCUT2D eigenvalue weighted by atomic mass is 32.2. The smallest absolute Gasteiger partial charge is 0.298 e. The van der Waals surface area contributed by atoms with Crippen LogP contribution in [0.5, 0.6) is 0 Å². The Morgan fingerprint density at radius 3 is 2.12 bits per heavy atom. The van der Waals surface area contributed by atoms with E-state index in [1.54, 1.807) is 30.3 Å². The van der Waals surface area contributed by atoms with E-state index in [9.17, 15) is 17.2 Å². The molecule has 0 aliphatic carbocycles. The van der Waals surface area contributed by atoms with E-state index < -0.39 is 22.0 Å². The SMILES string of the molecule is CS(=O)(=O)c1ccc(-c2noc(C(F)F)c2-c2ccccc2)cc1. The fourth-order valence-corrected chi connectivity index (χ4v) is 3.02. The Hall–Kier alpha value is -2.54. The number of rotatable bonds is 4. The number of aromatic nitrogens is 1. The van der Waals surface area contributed by atoms with Gasteiger partial charge in [-0.1, -0.05) is 47.6 Å². The van der Waals surface area contributed by atoms with E-state index in [1.807, 2.05) is 0 Å². The highest BCUT2D eigenvalue weighted by molar-refractivity contribution is 7.90. The zero-order valence-electron chi connectivity index (χ0n) is 12.6. The zero-order chi connectivity index (χ0) is 17.3. The minimum Gasteiger partial charge on any atom is -0.354 e. The van der Waals surface area contributed by atoms with E-state index in [0.29, 0.717) is 11.1 Å². The first kappa shape index (κ1) is 16.3. The molecule has 0 spiro atoms. The van der Waals surface area contributed by atoms with Gasteiger partial charge in [-0.3, -0.25) is 0 Å². The Balaban J connectivity index is 2.15. The number of nitrogens with zero attached hydrogens (tertiary/aromatic N) is 1. The van der Waals surface area contributed by atoms with Crippen LogP contribution in [0.3, 0.4) is 0 Å². The summed E-state index contributed by atoms with van der Waals surface area (Å²) in [7, 11) is -3.34. The molecule has 3 rings (SSSR count). The number of halogens is 2. The zero-order valence-corrected chi connectivity index (χ0v) is 13.4. The van der Waals surface area contributed by atoms with Gasteiger partial charge >= 0.3 is 0 Å². The first-order valence-electron chi connectivity index (χ1n) is 7.01. The third kappa shape index (κ3) is 3.07. The molecule has 1 aromatic heterocycles. The molecule has 7 heteroatoms. The fraction of sp³-hybridized carbons (Fsp3) is 0.118. The van der Waals surface area contributed by atoms with E-state index in [2.05, 4.69) is 5.16 Å². The van der Waals surface area contributed by atoms with Gasteiger partial charge in [-0.15, -0.1) is 0 Å². The van der Waals surface area contributed by atoms with Crippen LogP contribution in [0, 0.1) is 0 Å². The molecule has 3 aromatic rings. The van der Waals surface area contributed by atoms with Crippen molar-refractivity contribution in [3.63, 3.8) is 0 Å². The molecule has 0 N–H and O–H groups in total. The van der Waals surface area contributed by atoms with E-state index in [1.165, 1.54) is 24.3 Å². The molecule has 1 heterocycles. The number of hydrogen-bond acceptors (Lipinski definition) is 4. The van der Waals surface area contributed by atoms with E-state index >= 15 is 0 Å². The molecule has 4 nitrogen and oxygen atoms in total. The summed E-state index contributed by atoms with van der Waals surface area (Å²) in [6.45, 7) is 0. The molecule has 0 amide bonds. The summed E-state index contributed by atoms with van der Waals surface area (Å²) >= 11 is 0. The quantitative estimate of drug-likeness (QED) is 0.702. The van der Waals surface area contributed by atoms with Gasteiger partial charge in [0.25, 0.3) is 6.43 Å². The highest BCUT2D eigenvalue weighted by Gasteiger charge is 2.25. The average Bonchev–Trinajstić information content (AvgIpc) is 3.00. The minimum atomic E-state index is -3.34. The third-order valence-corrected chi connectivity index (χ3v) is 4.66. The normalized spacial score (nSPS) is 11.8. The van der Waals surface area contributed by atoms with Gasteiger partial charge in [0.1, 0.15) is 5.69 Å². The van der Waals surface area contributed by atoms with Crippen molar-refractivity contribution in [1.82, 2.24) is 5.16 Å². The first-order chi connectivity index (χ1) is 11.4. The van der Waals surface area contributed by atoms with Crippen LogP contribution in [0.25, 0.3) is 22.4 Å². The summed E-state index contributed by atoms with van der Waals surface area (Å²) in [6, 6.07) is 14.5. The second-order valence-corrected chi connectivity index (χ2v) is 7.25. The Labute approximate surface area is 137 Å². The summed E-state index contributed by atoms with van der Waals surface area (Å²) in [5, 5.41) is 3.77. The highest BCUT2D eigenvalue weighted by Crippen LogP contribution is 2.38. The monoisotopic (exact) mass is 349 g/mol. The molecule has 0 atom stereocenters. The molecular weight excluding hydrogens is 336 g/mol. The Kier molecular flexibility index (Phi) is 4.19. The van der Waals surface area contributed by atoms with Crippen LogP contribution in [0.4, 0.5) is 8.78 Å². The fourth-order valence-electron chi connectivity index (χ4n) is 2.39. The molecule has 0 aliphatic heterocycles. The molecule has 124 valence electrons. The number of alkyl halides is 2. The molecule has 0 unspecified atom stereocenters. The van der Waals surface area contributed by atoms with E-state index in [4.69, 9.17) is 4.52 Å². The van der Waals surface area contributed by atoms with Crippen molar-refractivity contribution < 1.29 is 21.7 Å². The predicted molar refractivity (Wildman–Crippen MR) is 85.4 cm³/mol. The van der Waals surface area contributed by atoms with Crippen LogP contribution in [-0.4, -0.2) is 19.8 Å². The van der Waals surface area contributed by atoms with Crippen molar-refractivity contribution in [3.05, 3.63) is 60.4 Å². The lowest BCUT2D eigenvalue weighted by atomic mass is 9.99. The van der Waals surface area contributed by atoms with Gasteiger partial charge in [-0.2, -0.15) is 0 Å². The second-order valence-electron chi connectivity index (χ2n) is 5.23. The van der Waals surface area contributed by atoms with Crippen molar-refractivity contribution in [2.75, 3.05) is 6.26 Å². The van der Waals surface area contributed by atoms with Crippen LogP contribution in [-0.2, 0) is 9.84 Å². The summed E-state index contributed by atoms with van der Waals surface area (Å²) in [5.74, 6) is -0.511. The van der Waals surface area contributed by atoms with Crippen LogP contribution in [0.2, 0.25) is 0 Å². The van der Waals surface area contributed by atoms with Gasteiger partial charge in [0, 0.05) is 11.8 Å². The van der Waals surface area contributed by atoms with Crippen LogP contribution >= 0.6 is 0 Å². The average molecular weight is 349 g/mol. The lowest BCUT2D eigenvalue weighted by molar-refractivity contribution is 0.113. The number of hydrogen-bond donors (Lipinski definition) is 0. The lowest BCUT2D eigenvalue weighted by Crippen LogP contribution is -1.96. The number of sulfone groups is 1. The standard InChI is InChI=1S/C17H13F2NO3S/c1-24(21,22)13-9-7-12(8-10-13)15-14(11-5-3-2-4-6-11)16(17(18)19)23-20-15/h2-10,17H,1H3. The molecule has 0 radical (unpaired) electrons. The largest absolute Gasteiger partial charge is 0.354 e. The summed E-state index contributed by atoms with van der Waals surface area (Å²) in [4.78, 5) is 0.144.